The number of para-hydroxylation sites is 1. The molecule has 3 rings (SSSR count). The van der Waals surface area contributed by atoms with Crippen LogP contribution in [0.5, 0.6) is 5.75 Å². The minimum atomic E-state index is -4.00. The molecule has 8 heteroatoms. The van der Waals surface area contributed by atoms with Gasteiger partial charge in [-0.15, -0.1) is 0 Å². The molecular formula is C25H29N3O4S. The summed E-state index contributed by atoms with van der Waals surface area (Å²) in [6.45, 7) is 2.44. The molecule has 0 aromatic heterocycles. The van der Waals surface area contributed by atoms with E-state index >= 15 is 0 Å². The fourth-order valence-electron chi connectivity index (χ4n) is 3.38. The van der Waals surface area contributed by atoms with E-state index in [1.165, 1.54) is 19.2 Å². The zero-order valence-electron chi connectivity index (χ0n) is 19.1. The predicted octanol–water partition coefficient (Wildman–Crippen LogP) is 3.45. The number of carbonyl (C=O) groups is 1. The number of amides is 1. The van der Waals surface area contributed by atoms with E-state index in [0.29, 0.717) is 24.5 Å². The molecule has 0 spiro atoms. The van der Waals surface area contributed by atoms with Crippen LogP contribution in [0.15, 0.2) is 83.8 Å². The zero-order chi connectivity index (χ0) is 23.8. The smallest absolute Gasteiger partial charge is 0.264 e. The van der Waals surface area contributed by atoms with E-state index in [1.807, 2.05) is 55.3 Å². The number of hydrogen-bond acceptors (Lipinski definition) is 5. The minimum Gasteiger partial charge on any atom is -0.495 e. The van der Waals surface area contributed by atoms with E-state index in [9.17, 15) is 13.2 Å². The van der Waals surface area contributed by atoms with Crippen molar-refractivity contribution in [1.82, 2.24) is 5.32 Å². The number of nitrogens with one attached hydrogen (secondary N) is 1. The molecule has 1 amide bonds. The topological polar surface area (TPSA) is 79.0 Å². The lowest BCUT2D eigenvalue weighted by atomic mass is 10.2. The molecule has 0 bridgehead atoms. The first-order chi connectivity index (χ1) is 15.8. The first-order valence-electron chi connectivity index (χ1n) is 10.6. The summed E-state index contributed by atoms with van der Waals surface area (Å²) in [5, 5.41) is 2.83. The second-order valence-electron chi connectivity index (χ2n) is 7.61. The third-order valence-corrected chi connectivity index (χ3v) is 6.96. The van der Waals surface area contributed by atoms with Gasteiger partial charge in [0.05, 0.1) is 17.7 Å². The molecule has 33 heavy (non-hydrogen) atoms. The van der Waals surface area contributed by atoms with Crippen molar-refractivity contribution in [3.05, 3.63) is 84.4 Å². The summed E-state index contributed by atoms with van der Waals surface area (Å²) in [5.41, 5.74) is 2.20. The van der Waals surface area contributed by atoms with Crippen molar-refractivity contribution >= 4 is 27.3 Å². The fraction of sp³-hybridized carbons (Fsp3) is 0.240. The Hall–Kier alpha value is -3.52. The average molecular weight is 468 g/mol. The first-order valence-corrected chi connectivity index (χ1v) is 12.0. The molecule has 0 radical (unpaired) electrons. The van der Waals surface area contributed by atoms with Gasteiger partial charge in [-0.25, -0.2) is 8.42 Å². The van der Waals surface area contributed by atoms with Gasteiger partial charge in [0.25, 0.3) is 10.0 Å². The van der Waals surface area contributed by atoms with E-state index < -0.39 is 15.9 Å². The van der Waals surface area contributed by atoms with E-state index in [-0.39, 0.29) is 11.4 Å². The molecule has 0 aliphatic carbocycles. The van der Waals surface area contributed by atoms with Gasteiger partial charge < -0.3 is 15.0 Å². The summed E-state index contributed by atoms with van der Waals surface area (Å²) in [6, 6.07) is 23.1. The van der Waals surface area contributed by atoms with E-state index in [1.54, 1.807) is 30.3 Å². The Labute approximate surface area is 195 Å². The molecule has 0 heterocycles. The van der Waals surface area contributed by atoms with Gasteiger partial charge in [0.2, 0.25) is 5.91 Å². The maximum Gasteiger partial charge on any atom is 0.264 e. The molecule has 0 unspecified atom stereocenters. The first kappa shape index (κ1) is 24.1. The van der Waals surface area contributed by atoms with Crippen LogP contribution in [-0.4, -0.2) is 48.1 Å². The number of benzene rings is 3. The van der Waals surface area contributed by atoms with E-state index in [4.69, 9.17) is 4.74 Å². The highest BCUT2D eigenvalue weighted by Crippen LogP contribution is 2.33. The molecule has 0 aliphatic heterocycles. The Balaban J connectivity index is 1.80. The van der Waals surface area contributed by atoms with Crippen LogP contribution in [0.4, 0.5) is 11.4 Å². The minimum absolute atomic E-state index is 0.102. The Bertz CT molecular complexity index is 1170. The highest BCUT2D eigenvalue weighted by Gasteiger charge is 2.29. The Kier molecular flexibility index (Phi) is 7.95. The van der Waals surface area contributed by atoms with Crippen molar-refractivity contribution in [1.29, 1.82) is 0 Å². The van der Waals surface area contributed by atoms with E-state index in [0.717, 1.165) is 15.6 Å². The standard InChI is InChI=1S/C25H29N3O4S/c1-20-14-15-24(32-3)23(18-20)28(33(30,31)22-12-8-5-9-13-22)19-25(29)26-16-17-27(2)21-10-6-4-7-11-21/h4-15,18H,16-17,19H2,1-3H3,(H,26,29). The number of nitrogens with zero attached hydrogens (tertiary/aromatic N) is 2. The van der Waals surface area contributed by atoms with Crippen LogP contribution < -0.4 is 19.3 Å². The summed E-state index contributed by atoms with van der Waals surface area (Å²) in [6.07, 6.45) is 0. The number of carbonyl (C=O) groups excluding carboxylic acids is 1. The summed E-state index contributed by atoms with van der Waals surface area (Å²) in [7, 11) is -0.592. The van der Waals surface area contributed by atoms with Gasteiger partial charge in [-0.2, -0.15) is 0 Å². The molecule has 0 aliphatic rings. The molecule has 3 aromatic rings. The van der Waals surface area contributed by atoms with Gasteiger partial charge in [-0.1, -0.05) is 42.5 Å². The second-order valence-corrected chi connectivity index (χ2v) is 9.47. The molecule has 3 aromatic carbocycles. The van der Waals surface area contributed by atoms with Crippen LogP contribution in [0.3, 0.4) is 0 Å². The van der Waals surface area contributed by atoms with Crippen LogP contribution in [0.25, 0.3) is 0 Å². The van der Waals surface area contributed by atoms with Crippen molar-refractivity contribution in [3.63, 3.8) is 0 Å². The maximum atomic E-state index is 13.5. The molecule has 0 atom stereocenters. The lowest BCUT2D eigenvalue weighted by molar-refractivity contribution is -0.119. The van der Waals surface area contributed by atoms with Crippen LogP contribution in [0.1, 0.15) is 5.56 Å². The van der Waals surface area contributed by atoms with Gasteiger partial charge in [0.1, 0.15) is 12.3 Å². The Morgan fingerprint density at radius 2 is 1.61 bits per heavy atom. The number of aryl methyl sites for hydroxylation is 1. The van der Waals surface area contributed by atoms with Gasteiger partial charge in [-0.3, -0.25) is 9.10 Å². The van der Waals surface area contributed by atoms with Gasteiger partial charge in [0, 0.05) is 25.8 Å². The summed E-state index contributed by atoms with van der Waals surface area (Å²) in [5.74, 6) is -0.0313. The maximum absolute atomic E-state index is 13.5. The molecule has 0 saturated carbocycles. The third kappa shape index (κ3) is 6.04. The Morgan fingerprint density at radius 1 is 0.970 bits per heavy atom. The van der Waals surface area contributed by atoms with Crippen molar-refractivity contribution in [2.75, 3.05) is 43.0 Å². The molecule has 1 N–H and O–H groups in total. The second kappa shape index (κ2) is 10.9. The van der Waals surface area contributed by atoms with E-state index in [2.05, 4.69) is 5.32 Å². The number of likely N-dealkylation sites (N-methyl/N-ethyl adjacent to an activating group) is 1. The van der Waals surface area contributed by atoms with Crippen molar-refractivity contribution < 1.29 is 17.9 Å². The zero-order valence-corrected chi connectivity index (χ0v) is 19.9. The van der Waals surface area contributed by atoms with Gasteiger partial charge in [-0.05, 0) is 48.9 Å². The summed E-state index contributed by atoms with van der Waals surface area (Å²) in [4.78, 5) is 14.9. The number of rotatable bonds is 10. The number of anilines is 2. The average Bonchev–Trinajstić information content (AvgIpc) is 2.83. The largest absolute Gasteiger partial charge is 0.495 e. The molecule has 0 saturated heterocycles. The third-order valence-electron chi connectivity index (χ3n) is 5.19. The number of methoxy groups -OCH3 is 1. The SMILES string of the molecule is COc1ccc(C)cc1N(CC(=O)NCCN(C)c1ccccc1)S(=O)(=O)c1ccccc1. The normalized spacial score (nSPS) is 11.0. The summed E-state index contributed by atoms with van der Waals surface area (Å²) < 4.78 is 33.5. The highest BCUT2D eigenvalue weighted by atomic mass is 32.2. The van der Waals surface area contributed by atoms with Crippen LogP contribution >= 0.6 is 0 Å². The number of sulfonamides is 1. The summed E-state index contributed by atoms with van der Waals surface area (Å²) >= 11 is 0. The monoisotopic (exact) mass is 467 g/mol. The lowest BCUT2D eigenvalue weighted by Crippen LogP contribution is -2.43. The fourth-order valence-corrected chi connectivity index (χ4v) is 4.82. The van der Waals surface area contributed by atoms with Crippen molar-refractivity contribution in [2.45, 2.75) is 11.8 Å². The van der Waals surface area contributed by atoms with Gasteiger partial charge >= 0.3 is 0 Å². The van der Waals surface area contributed by atoms with Crippen LogP contribution in [0, 0.1) is 6.92 Å². The predicted molar refractivity (Wildman–Crippen MR) is 131 cm³/mol. The van der Waals surface area contributed by atoms with Crippen LogP contribution in [-0.2, 0) is 14.8 Å². The lowest BCUT2D eigenvalue weighted by Gasteiger charge is -2.26. The Morgan fingerprint density at radius 3 is 2.24 bits per heavy atom. The number of ether oxygens (including phenoxy) is 1. The van der Waals surface area contributed by atoms with Gasteiger partial charge in [0.15, 0.2) is 0 Å². The molecule has 174 valence electrons. The molecular weight excluding hydrogens is 438 g/mol. The van der Waals surface area contributed by atoms with Crippen molar-refractivity contribution in [2.24, 2.45) is 0 Å². The quantitative estimate of drug-likeness (QED) is 0.494. The van der Waals surface area contributed by atoms with Crippen molar-refractivity contribution in [3.8, 4) is 5.75 Å². The molecule has 7 nitrogen and oxygen atoms in total. The highest BCUT2D eigenvalue weighted by molar-refractivity contribution is 7.92. The molecule has 0 fully saturated rings. The van der Waals surface area contributed by atoms with Crippen LogP contribution in [0.2, 0.25) is 0 Å². The number of hydrogen-bond donors (Lipinski definition) is 1.